The third-order valence-corrected chi connectivity index (χ3v) is 3.51. The standard InChI is InChI=1S/C14H21NO/c1-11-3-2-4-12(9-11)10-15-13-5-7-14(16)8-6-13/h5-8,11-12,15-16H,2-4,9-10H2,1H3. The quantitative estimate of drug-likeness (QED) is 0.761. The Balaban J connectivity index is 1.80. The number of nitrogens with one attached hydrogen (secondary N) is 1. The molecule has 0 aromatic heterocycles. The summed E-state index contributed by atoms with van der Waals surface area (Å²) in [6.07, 6.45) is 5.49. The molecule has 16 heavy (non-hydrogen) atoms. The van der Waals surface area contributed by atoms with Crippen LogP contribution in [0.15, 0.2) is 24.3 Å². The molecule has 2 N–H and O–H groups in total. The zero-order chi connectivity index (χ0) is 11.4. The molecule has 2 unspecified atom stereocenters. The number of phenolic OH excluding ortho intramolecular Hbond substituents is 1. The Kier molecular flexibility index (Phi) is 3.70. The van der Waals surface area contributed by atoms with Crippen LogP contribution in [0.3, 0.4) is 0 Å². The Labute approximate surface area is 97.7 Å². The van der Waals surface area contributed by atoms with Gasteiger partial charge in [-0.05, 0) is 48.9 Å². The molecule has 2 atom stereocenters. The van der Waals surface area contributed by atoms with Crippen molar-refractivity contribution in [1.29, 1.82) is 0 Å². The predicted octanol–water partition coefficient (Wildman–Crippen LogP) is 3.63. The van der Waals surface area contributed by atoms with Gasteiger partial charge >= 0.3 is 0 Å². The molecule has 88 valence electrons. The van der Waals surface area contributed by atoms with Crippen LogP contribution in [0.4, 0.5) is 5.69 Å². The molecule has 0 radical (unpaired) electrons. The van der Waals surface area contributed by atoms with Crippen LogP contribution in [0.1, 0.15) is 32.6 Å². The average Bonchev–Trinajstić information content (AvgIpc) is 2.28. The van der Waals surface area contributed by atoms with Gasteiger partial charge in [-0.3, -0.25) is 0 Å². The molecule has 1 fully saturated rings. The molecule has 2 heteroatoms. The van der Waals surface area contributed by atoms with E-state index in [0.717, 1.165) is 24.1 Å². The van der Waals surface area contributed by atoms with Crippen molar-refractivity contribution in [3.05, 3.63) is 24.3 Å². The number of aromatic hydroxyl groups is 1. The van der Waals surface area contributed by atoms with Crippen LogP contribution >= 0.6 is 0 Å². The van der Waals surface area contributed by atoms with E-state index in [1.807, 2.05) is 12.1 Å². The summed E-state index contributed by atoms with van der Waals surface area (Å²) in [7, 11) is 0. The normalized spacial score (nSPS) is 25.3. The molecule has 0 spiro atoms. The van der Waals surface area contributed by atoms with E-state index in [2.05, 4.69) is 12.2 Å². The van der Waals surface area contributed by atoms with Crippen molar-refractivity contribution in [3.63, 3.8) is 0 Å². The van der Waals surface area contributed by atoms with Gasteiger partial charge in [0.2, 0.25) is 0 Å². The first-order valence-corrected chi connectivity index (χ1v) is 6.27. The van der Waals surface area contributed by atoms with Crippen molar-refractivity contribution in [2.24, 2.45) is 11.8 Å². The van der Waals surface area contributed by atoms with E-state index < -0.39 is 0 Å². The summed E-state index contributed by atoms with van der Waals surface area (Å²) in [5, 5.41) is 12.6. The molecule has 1 aromatic carbocycles. The Morgan fingerprint density at radius 3 is 2.69 bits per heavy atom. The fourth-order valence-corrected chi connectivity index (χ4v) is 2.59. The summed E-state index contributed by atoms with van der Waals surface area (Å²) >= 11 is 0. The molecule has 0 amide bonds. The van der Waals surface area contributed by atoms with E-state index in [0.29, 0.717) is 5.75 Å². The second-order valence-electron chi connectivity index (χ2n) is 5.07. The molecule has 0 saturated heterocycles. The highest BCUT2D eigenvalue weighted by Crippen LogP contribution is 2.28. The molecule has 0 heterocycles. The van der Waals surface area contributed by atoms with Gasteiger partial charge < -0.3 is 10.4 Å². The monoisotopic (exact) mass is 219 g/mol. The molecule has 2 rings (SSSR count). The lowest BCUT2D eigenvalue weighted by Crippen LogP contribution is -2.20. The first-order valence-electron chi connectivity index (χ1n) is 6.27. The largest absolute Gasteiger partial charge is 0.508 e. The van der Waals surface area contributed by atoms with Gasteiger partial charge in [0.05, 0.1) is 0 Å². The first kappa shape index (κ1) is 11.3. The molecule has 1 aliphatic carbocycles. The van der Waals surface area contributed by atoms with Gasteiger partial charge in [-0.15, -0.1) is 0 Å². The summed E-state index contributed by atoms with van der Waals surface area (Å²) in [5.41, 5.74) is 1.11. The first-order chi connectivity index (χ1) is 7.74. The highest BCUT2D eigenvalue weighted by atomic mass is 16.3. The van der Waals surface area contributed by atoms with Crippen molar-refractivity contribution in [2.45, 2.75) is 32.6 Å². The van der Waals surface area contributed by atoms with Gasteiger partial charge in [-0.25, -0.2) is 0 Å². The van der Waals surface area contributed by atoms with E-state index in [1.54, 1.807) is 12.1 Å². The lowest BCUT2D eigenvalue weighted by Gasteiger charge is -2.27. The van der Waals surface area contributed by atoms with Crippen molar-refractivity contribution >= 4 is 5.69 Å². The van der Waals surface area contributed by atoms with Gasteiger partial charge in [0, 0.05) is 12.2 Å². The lowest BCUT2D eigenvalue weighted by atomic mass is 9.82. The summed E-state index contributed by atoms with van der Waals surface area (Å²) in [5.74, 6) is 2.04. The molecular formula is C14H21NO. The van der Waals surface area contributed by atoms with Gasteiger partial charge in [0.15, 0.2) is 0 Å². The van der Waals surface area contributed by atoms with E-state index in [9.17, 15) is 5.11 Å². The number of rotatable bonds is 3. The minimum Gasteiger partial charge on any atom is -0.508 e. The predicted molar refractivity (Wildman–Crippen MR) is 67.7 cm³/mol. The Hall–Kier alpha value is -1.18. The van der Waals surface area contributed by atoms with Crippen molar-refractivity contribution in [3.8, 4) is 5.75 Å². The van der Waals surface area contributed by atoms with Gasteiger partial charge in [-0.2, -0.15) is 0 Å². The van der Waals surface area contributed by atoms with Crippen LogP contribution in [0.25, 0.3) is 0 Å². The maximum Gasteiger partial charge on any atom is 0.115 e. The summed E-state index contributed by atoms with van der Waals surface area (Å²) in [6, 6.07) is 7.32. The second-order valence-corrected chi connectivity index (χ2v) is 5.07. The molecule has 1 aromatic rings. The SMILES string of the molecule is CC1CCCC(CNc2ccc(O)cc2)C1. The molecule has 1 saturated carbocycles. The van der Waals surface area contributed by atoms with Crippen LogP contribution in [-0.4, -0.2) is 11.7 Å². The Morgan fingerprint density at radius 2 is 2.00 bits per heavy atom. The van der Waals surface area contributed by atoms with Gasteiger partial charge in [0.1, 0.15) is 5.75 Å². The maximum atomic E-state index is 9.18. The van der Waals surface area contributed by atoms with Gasteiger partial charge in [-0.1, -0.05) is 19.8 Å². The molecule has 0 aliphatic heterocycles. The van der Waals surface area contributed by atoms with Crippen molar-refractivity contribution in [2.75, 3.05) is 11.9 Å². The number of hydrogen-bond donors (Lipinski definition) is 2. The van der Waals surface area contributed by atoms with E-state index in [1.165, 1.54) is 25.7 Å². The molecular weight excluding hydrogens is 198 g/mol. The molecule has 2 nitrogen and oxygen atoms in total. The zero-order valence-corrected chi connectivity index (χ0v) is 9.95. The minimum atomic E-state index is 0.330. The minimum absolute atomic E-state index is 0.330. The topological polar surface area (TPSA) is 32.3 Å². The van der Waals surface area contributed by atoms with Crippen LogP contribution < -0.4 is 5.32 Å². The van der Waals surface area contributed by atoms with Gasteiger partial charge in [0.25, 0.3) is 0 Å². The van der Waals surface area contributed by atoms with Crippen LogP contribution in [-0.2, 0) is 0 Å². The lowest BCUT2D eigenvalue weighted by molar-refractivity contribution is 0.293. The maximum absolute atomic E-state index is 9.18. The van der Waals surface area contributed by atoms with Crippen LogP contribution in [0.2, 0.25) is 0 Å². The summed E-state index contributed by atoms with van der Waals surface area (Å²) in [4.78, 5) is 0. The number of benzene rings is 1. The number of hydrogen-bond acceptors (Lipinski definition) is 2. The third kappa shape index (κ3) is 3.16. The van der Waals surface area contributed by atoms with Crippen LogP contribution in [0, 0.1) is 11.8 Å². The summed E-state index contributed by atoms with van der Waals surface area (Å²) in [6.45, 7) is 3.42. The smallest absolute Gasteiger partial charge is 0.115 e. The number of anilines is 1. The Morgan fingerprint density at radius 1 is 1.25 bits per heavy atom. The molecule has 1 aliphatic rings. The van der Waals surface area contributed by atoms with Crippen molar-refractivity contribution < 1.29 is 5.11 Å². The zero-order valence-electron chi connectivity index (χ0n) is 9.95. The highest BCUT2D eigenvalue weighted by molar-refractivity contribution is 5.45. The second kappa shape index (κ2) is 5.24. The number of phenols is 1. The molecule has 0 bridgehead atoms. The summed E-state index contributed by atoms with van der Waals surface area (Å²) < 4.78 is 0. The van der Waals surface area contributed by atoms with Crippen LogP contribution in [0.5, 0.6) is 5.75 Å². The fourth-order valence-electron chi connectivity index (χ4n) is 2.59. The average molecular weight is 219 g/mol. The Bertz CT molecular complexity index is 320. The van der Waals surface area contributed by atoms with E-state index >= 15 is 0 Å². The van der Waals surface area contributed by atoms with Crippen molar-refractivity contribution in [1.82, 2.24) is 0 Å². The highest BCUT2D eigenvalue weighted by Gasteiger charge is 2.18. The van der Waals surface area contributed by atoms with E-state index in [4.69, 9.17) is 0 Å². The third-order valence-electron chi connectivity index (χ3n) is 3.51. The fraction of sp³-hybridized carbons (Fsp3) is 0.571. The van der Waals surface area contributed by atoms with E-state index in [-0.39, 0.29) is 0 Å².